The number of aryl methyl sites for hydroxylation is 1. The highest BCUT2D eigenvalue weighted by Gasteiger charge is 2.26. The van der Waals surface area contributed by atoms with E-state index in [0.717, 1.165) is 17.0 Å². The summed E-state index contributed by atoms with van der Waals surface area (Å²) in [5, 5.41) is 4.16. The van der Waals surface area contributed by atoms with Gasteiger partial charge in [-0.25, -0.2) is 13.4 Å². The smallest absolute Gasteiger partial charge is 0.213 e. The van der Waals surface area contributed by atoms with E-state index in [1.165, 1.54) is 4.31 Å². The summed E-state index contributed by atoms with van der Waals surface area (Å²) in [4.78, 5) is 11.3. The highest BCUT2D eigenvalue weighted by Crippen LogP contribution is 2.28. The van der Waals surface area contributed by atoms with Gasteiger partial charge in [0.15, 0.2) is 5.76 Å². The van der Waals surface area contributed by atoms with Crippen molar-refractivity contribution in [3.8, 4) is 22.7 Å². The number of nitrogens with zero attached hydrogens (tertiary/aromatic N) is 5. The van der Waals surface area contributed by atoms with Gasteiger partial charge in [0, 0.05) is 37.8 Å². The summed E-state index contributed by atoms with van der Waals surface area (Å²) >= 11 is 0. The minimum atomic E-state index is -3.16. The largest absolute Gasteiger partial charge is 0.354 e. The lowest BCUT2D eigenvalue weighted by Gasteiger charge is -2.34. The Morgan fingerprint density at radius 2 is 1.83 bits per heavy atom. The van der Waals surface area contributed by atoms with Gasteiger partial charge in [-0.2, -0.15) is 4.31 Å². The molecule has 9 heteroatoms. The maximum absolute atomic E-state index is 12.1. The monoisotopic (exact) mass is 413 g/mol. The van der Waals surface area contributed by atoms with Crippen molar-refractivity contribution in [2.24, 2.45) is 0 Å². The van der Waals surface area contributed by atoms with E-state index in [-0.39, 0.29) is 5.75 Å². The molecular weight excluding hydrogens is 390 g/mol. The SMILES string of the molecule is CCS(=O)(=O)N1CCN(c2cnc(C)c(-c3cc(-c4ccccc4)no3)n2)CC1. The van der Waals surface area contributed by atoms with E-state index in [4.69, 9.17) is 9.51 Å². The fraction of sp³-hybridized carbons (Fsp3) is 0.350. The molecule has 8 nitrogen and oxygen atoms in total. The van der Waals surface area contributed by atoms with Crippen LogP contribution in [0.3, 0.4) is 0 Å². The summed E-state index contributed by atoms with van der Waals surface area (Å²) in [6.07, 6.45) is 1.72. The molecule has 152 valence electrons. The van der Waals surface area contributed by atoms with Crippen LogP contribution < -0.4 is 4.90 Å². The third-order valence-corrected chi connectivity index (χ3v) is 6.96. The molecule has 0 amide bonds. The van der Waals surface area contributed by atoms with Crippen LogP contribution in [-0.4, -0.2) is 59.8 Å². The van der Waals surface area contributed by atoms with Crippen molar-refractivity contribution in [2.75, 3.05) is 36.8 Å². The maximum atomic E-state index is 12.1. The minimum Gasteiger partial charge on any atom is -0.354 e. The summed E-state index contributed by atoms with van der Waals surface area (Å²) in [6.45, 7) is 5.58. The summed E-state index contributed by atoms with van der Waals surface area (Å²) < 4.78 is 31.2. The second-order valence-corrected chi connectivity index (χ2v) is 9.15. The number of piperazine rings is 1. The van der Waals surface area contributed by atoms with Crippen LogP contribution in [0.5, 0.6) is 0 Å². The Bertz CT molecular complexity index is 1090. The first-order chi connectivity index (χ1) is 14.0. The zero-order valence-corrected chi connectivity index (χ0v) is 17.3. The lowest BCUT2D eigenvalue weighted by Crippen LogP contribution is -2.49. The molecular formula is C20H23N5O3S. The van der Waals surface area contributed by atoms with Crippen molar-refractivity contribution in [3.63, 3.8) is 0 Å². The Morgan fingerprint density at radius 3 is 2.52 bits per heavy atom. The summed E-state index contributed by atoms with van der Waals surface area (Å²) in [7, 11) is -3.16. The molecule has 1 aliphatic rings. The average molecular weight is 414 g/mol. The zero-order valence-electron chi connectivity index (χ0n) is 16.4. The Labute approximate surface area is 170 Å². The molecule has 0 aliphatic carbocycles. The van der Waals surface area contributed by atoms with Crippen molar-refractivity contribution in [1.29, 1.82) is 0 Å². The van der Waals surface area contributed by atoms with E-state index in [1.54, 1.807) is 13.1 Å². The molecule has 29 heavy (non-hydrogen) atoms. The van der Waals surface area contributed by atoms with Gasteiger partial charge in [0.25, 0.3) is 0 Å². The molecule has 1 aromatic carbocycles. The predicted octanol–water partition coefficient (Wildman–Crippen LogP) is 2.58. The lowest BCUT2D eigenvalue weighted by atomic mass is 10.1. The molecule has 0 bridgehead atoms. The van der Waals surface area contributed by atoms with Gasteiger partial charge in [-0.3, -0.25) is 4.98 Å². The lowest BCUT2D eigenvalue weighted by molar-refractivity contribution is 0.384. The zero-order chi connectivity index (χ0) is 20.4. The quantitative estimate of drug-likeness (QED) is 0.635. The topological polar surface area (TPSA) is 92.4 Å². The summed E-state index contributed by atoms with van der Waals surface area (Å²) in [6, 6.07) is 11.7. The fourth-order valence-corrected chi connectivity index (χ4v) is 4.42. The van der Waals surface area contributed by atoms with E-state index in [0.29, 0.717) is 43.5 Å². The number of aromatic nitrogens is 3. The third kappa shape index (κ3) is 4.01. The Hall–Kier alpha value is -2.78. The van der Waals surface area contributed by atoms with Crippen LogP contribution in [-0.2, 0) is 10.0 Å². The second-order valence-electron chi connectivity index (χ2n) is 6.89. The number of hydrogen-bond acceptors (Lipinski definition) is 7. The molecule has 0 radical (unpaired) electrons. The molecule has 3 aromatic rings. The van der Waals surface area contributed by atoms with Gasteiger partial charge in [0.05, 0.1) is 17.6 Å². The Balaban J connectivity index is 1.56. The Kier molecular flexibility index (Phi) is 5.33. The van der Waals surface area contributed by atoms with Gasteiger partial charge < -0.3 is 9.42 Å². The summed E-state index contributed by atoms with van der Waals surface area (Å²) in [5.41, 5.74) is 3.10. The van der Waals surface area contributed by atoms with E-state index in [1.807, 2.05) is 48.2 Å². The van der Waals surface area contributed by atoms with Gasteiger partial charge in [0.1, 0.15) is 17.2 Å². The molecule has 3 heterocycles. The van der Waals surface area contributed by atoms with E-state index < -0.39 is 10.0 Å². The minimum absolute atomic E-state index is 0.122. The first-order valence-electron chi connectivity index (χ1n) is 9.57. The number of sulfonamides is 1. The van der Waals surface area contributed by atoms with Crippen molar-refractivity contribution in [1.82, 2.24) is 19.4 Å². The van der Waals surface area contributed by atoms with Crippen molar-refractivity contribution < 1.29 is 12.9 Å². The van der Waals surface area contributed by atoms with Gasteiger partial charge in [0.2, 0.25) is 10.0 Å². The molecule has 1 fully saturated rings. The van der Waals surface area contributed by atoms with Crippen molar-refractivity contribution in [2.45, 2.75) is 13.8 Å². The van der Waals surface area contributed by atoms with Crippen LogP contribution in [0.1, 0.15) is 12.6 Å². The van der Waals surface area contributed by atoms with Crippen LogP contribution in [0.15, 0.2) is 47.1 Å². The second kappa shape index (κ2) is 7.92. The van der Waals surface area contributed by atoms with Crippen molar-refractivity contribution in [3.05, 3.63) is 48.3 Å². The summed E-state index contributed by atoms with van der Waals surface area (Å²) in [5.74, 6) is 1.39. The molecule has 1 saturated heterocycles. The highest BCUT2D eigenvalue weighted by atomic mass is 32.2. The van der Waals surface area contributed by atoms with Gasteiger partial charge in [-0.1, -0.05) is 35.5 Å². The Morgan fingerprint density at radius 1 is 1.10 bits per heavy atom. The van der Waals surface area contributed by atoms with Gasteiger partial charge in [-0.05, 0) is 13.8 Å². The normalized spacial score (nSPS) is 15.6. The molecule has 1 aliphatic heterocycles. The van der Waals surface area contributed by atoms with Crippen LogP contribution in [0.4, 0.5) is 5.82 Å². The molecule has 4 rings (SSSR count). The first-order valence-corrected chi connectivity index (χ1v) is 11.2. The maximum Gasteiger partial charge on any atom is 0.213 e. The third-order valence-electron chi connectivity index (χ3n) is 5.08. The van der Waals surface area contributed by atoms with Crippen LogP contribution in [0, 0.1) is 6.92 Å². The predicted molar refractivity (Wildman–Crippen MR) is 111 cm³/mol. The number of rotatable bonds is 5. The van der Waals surface area contributed by atoms with Gasteiger partial charge in [-0.15, -0.1) is 0 Å². The molecule has 0 saturated carbocycles. The molecule has 0 unspecified atom stereocenters. The van der Waals surface area contributed by atoms with Crippen LogP contribution in [0.2, 0.25) is 0 Å². The standard InChI is InChI=1S/C20H23N5O3S/c1-3-29(26,27)25-11-9-24(10-12-25)19-14-21-15(2)20(22-19)18-13-17(23-28-18)16-7-5-4-6-8-16/h4-8,13-14H,3,9-12H2,1-2H3. The molecule has 2 aromatic heterocycles. The average Bonchev–Trinajstić information content (AvgIpc) is 3.25. The molecule has 0 atom stereocenters. The van der Waals surface area contributed by atoms with E-state index in [2.05, 4.69) is 10.1 Å². The molecule has 0 N–H and O–H groups in total. The highest BCUT2D eigenvalue weighted by molar-refractivity contribution is 7.89. The fourth-order valence-electron chi connectivity index (χ4n) is 3.34. The van der Waals surface area contributed by atoms with Gasteiger partial charge >= 0.3 is 0 Å². The van der Waals surface area contributed by atoms with E-state index in [9.17, 15) is 8.42 Å². The number of anilines is 1. The van der Waals surface area contributed by atoms with Crippen LogP contribution in [0.25, 0.3) is 22.7 Å². The van der Waals surface area contributed by atoms with E-state index >= 15 is 0 Å². The molecule has 0 spiro atoms. The first kappa shape index (κ1) is 19.5. The van der Waals surface area contributed by atoms with Crippen LogP contribution >= 0.6 is 0 Å². The number of hydrogen-bond donors (Lipinski definition) is 0. The number of benzene rings is 1. The van der Waals surface area contributed by atoms with Crippen molar-refractivity contribution >= 4 is 15.8 Å².